The zero-order valence-electron chi connectivity index (χ0n) is 16.4. The van der Waals surface area contributed by atoms with Crippen molar-refractivity contribution in [1.82, 2.24) is 4.90 Å². The number of piperidine rings is 1. The van der Waals surface area contributed by atoms with Crippen LogP contribution in [-0.4, -0.2) is 43.4 Å². The summed E-state index contributed by atoms with van der Waals surface area (Å²) in [5.74, 6) is 1.56. The summed E-state index contributed by atoms with van der Waals surface area (Å²) in [4.78, 5) is 2.21. The molecule has 29 heavy (non-hydrogen) atoms. The van der Waals surface area contributed by atoms with Crippen LogP contribution in [0.25, 0.3) is 0 Å². The molecule has 158 valence electrons. The number of likely N-dealkylation sites (tertiary alicyclic amines) is 1. The molecule has 1 aliphatic heterocycles. The van der Waals surface area contributed by atoms with E-state index in [1.165, 1.54) is 6.07 Å². The minimum Gasteiger partial charge on any atom is -0.497 e. The third-order valence-corrected chi connectivity index (χ3v) is 5.36. The third-order valence-electron chi connectivity index (χ3n) is 5.36. The first-order valence-electron chi connectivity index (χ1n) is 9.69. The number of hydrogen-bond donors (Lipinski definition) is 1. The summed E-state index contributed by atoms with van der Waals surface area (Å²) in [6.45, 7) is 2.65. The molecule has 1 N–H and O–H groups in total. The van der Waals surface area contributed by atoms with Crippen molar-refractivity contribution in [2.75, 3.05) is 33.4 Å². The van der Waals surface area contributed by atoms with Gasteiger partial charge in [-0.2, -0.15) is 13.2 Å². The molecule has 0 bridgehead atoms. The highest BCUT2D eigenvalue weighted by Gasteiger charge is 2.36. The second-order valence-corrected chi connectivity index (χ2v) is 7.33. The number of alkyl halides is 3. The minimum absolute atomic E-state index is 0.342. The number of methoxy groups -OCH3 is 1. The molecule has 1 fully saturated rings. The van der Waals surface area contributed by atoms with Gasteiger partial charge in [-0.25, -0.2) is 0 Å². The average molecular weight is 409 g/mol. The van der Waals surface area contributed by atoms with E-state index in [2.05, 4.69) is 4.90 Å². The summed E-state index contributed by atoms with van der Waals surface area (Å²) in [6.07, 6.45) is -2.76. The highest BCUT2D eigenvalue weighted by Crippen LogP contribution is 2.36. The van der Waals surface area contributed by atoms with Crippen LogP contribution in [0.3, 0.4) is 0 Å². The summed E-state index contributed by atoms with van der Waals surface area (Å²) in [5, 5.41) is 10.9. The van der Waals surface area contributed by atoms with Gasteiger partial charge in [0.1, 0.15) is 11.5 Å². The van der Waals surface area contributed by atoms with Crippen LogP contribution in [-0.2, 0) is 11.8 Å². The van der Waals surface area contributed by atoms with Crippen molar-refractivity contribution in [1.29, 1.82) is 0 Å². The fourth-order valence-corrected chi connectivity index (χ4v) is 3.57. The Labute approximate surface area is 168 Å². The fourth-order valence-electron chi connectivity index (χ4n) is 3.57. The standard InChI is InChI=1S/C22H26F3NO3/c1-28-19-6-8-20(9-7-19)29-15-3-12-26-13-10-21(27,11-14-26)17-4-2-5-18(16-17)22(23,24)25/h2,4-9,16,27H,3,10-15H2,1H3. The van der Waals surface area contributed by atoms with Crippen molar-refractivity contribution in [3.05, 3.63) is 59.7 Å². The summed E-state index contributed by atoms with van der Waals surface area (Å²) >= 11 is 0. The van der Waals surface area contributed by atoms with E-state index < -0.39 is 17.3 Å². The highest BCUT2D eigenvalue weighted by atomic mass is 19.4. The quantitative estimate of drug-likeness (QED) is 0.686. The normalized spacial score (nSPS) is 17.1. The molecule has 4 nitrogen and oxygen atoms in total. The van der Waals surface area contributed by atoms with Crippen LogP contribution < -0.4 is 9.47 Å². The number of halogens is 3. The summed E-state index contributed by atoms with van der Waals surface area (Å²) < 4.78 is 49.7. The van der Waals surface area contributed by atoms with Crippen molar-refractivity contribution >= 4 is 0 Å². The lowest BCUT2D eigenvalue weighted by Gasteiger charge is -2.38. The predicted octanol–water partition coefficient (Wildman–Crippen LogP) is 4.47. The molecule has 2 aromatic carbocycles. The molecular formula is C22H26F3NO3. The van der Waals surface area contributed by atoms with E-state index in [0.717, 1.165) is 36.6 Å². The molecule has 0 aromatic heterocycles. The monoisotopic (exact) mass is 409 g/mol. The van der Waals surface area contributed by atoms with Crippen molar-refractivity contribution in [3.63, 3.8) is 0 Å². The van der Waals surface area contributed by atoms with Crippen molar-refractivity contribution in [2.45, 2.75) is 31.0 Å². The van der Waals surface area contributed by atoms with Gasteiger partial charge in [-0.3, -0.25) is 0 Å². The first-order chi connectivity index (χ1) is 13.8. The maximum absolute atomic E-state index is 12.9. The predicted molar refractivity (Wildman–Crippen MR) is 104 cm³/mol. The second kappa shape index (κ2) is 9.05. The van der Waals surface area contributed by atoms with Gasteiger partial charge in [0.05, 0.1) is 24.9 Å². The Morgan fingerprint density at radius 2 is 1.69 bits per heavy atom. The summed E-state index contributed by atoms with van der Waals surface area (Å²) in [6, 6.07) is 12.4. The first-order valence-corrected chi connectivity index (χ1v) is 9.69. The molecule has 0 amide bonds. The Balaban J connectivity index is 1.45. The third kappa shape index (κ3) is 5.64. The van der Waals surface area contributed by atoms with Gasteiger partial charge in [0.2, 0.25) is 0 Å². The number of rotatable bonds is 7. The lowest BCUT2D eigenvalue weighted by Crippen LogP contribution is -2.43. The van der Waals surface area contributed by atoms with E-state index in [9.17, 15) is 18.3 Å². The van der Waals surface area contributed by atoms with Gasteiger partial charge in [0.15, 0.2) is 0 Å². The van der Waals surface area contributed by atoms with E-state index in [0.29, 0.717) is 38.1 Å². The lowest BCUT2D eigenvalue weighted by molar-refractivity contribution is -0.137. The van der Waals surface area contributed by atoms with Gasteiger partial charge in [0.25, 0.3) is 0 Å². The average Bonchev–Trinajstić information content (AvgIpc) is 2.72. The number of nitrogens with zero attached hydrogens (tertiary/aromatic N) is 1. The van der Waals surface area contributed by atoms with Gasteiger partial charge in [0, 0.05) is 19.6 Å². The highest BCUT2D eigenvalue weighted by molar-refractivity contribution is 5.31. The molecule has 1 heterocycles. The van der Waals surface area contributed by atoms with E-state index in [1.807, 2.05) is 24.3 Å². The van der Waals surface area contributed by atoms with Crippen molar-refractivity contribution in [2.24, 2.45) is 0 Å². The zero-order chi connectivity index (χ0) is 20.9. The summed E-state index contributed by atoms with van der Waals surface area (Å²) in [7, 11) is 1.61. The van der Waals surface area contributed by atoms with Gasteiger partial charge in [-0.1, -0.05) is 12.1 Å². The molecule has 1 aliphatic rings. The maximum Gasteiger partial charge on any atom is 0.416 e. The fraction of sp³-hybridized carbons (Fsp3) is 0.455. The van der Waals surface area contributed by atoms with Crippen LogP contribution in [0.4, 0.5) is 13.2 Å². The Hall–Kier alpha value is -2.25. The molecule has 0 spiro atoms. The minimum atomic E-state index is -4.41. The number of ether oxygens (including phenoxy) is 2. The molecule has 7 heteroatoms. The van der Waals surface area contributed by atoms with Crippen molar-refractivity contribution in [3.8, 4) is 11.5 Å². The zero-order valence-corrected chi connectivity index (χ0v) is 16.4. The molecule has 1 saturated heterocycles. The maximum atomic E-state index is 12.9. The molecule has 0 unspecified atom stereocenters. The number of aliphatic hydroxyl groups is 1. The molecule has 2 aromatic rings. The van der Waals surface area contributed by atoms with E-state index in [-0.39, 0.29) is 0 Å². The smallest absolute Gasteiger partial charge is 0.416 e. The molecule has 0 aliphatic carbocycles. The Kier molecular flexibility index (Phi) is 6.70. The molecule has 0 atom stereocenters. The first kappa shape index (κ1) is 21.5. The second-order valence-electron chi connectivity index (χ2n) is 7.33. The Morgan fingerprint density at radius 1 is 1.03 bits per heavy atom. The van der Waals surface area contributed by atoms with Crippen LogP contribution in [0.15, 0.2) is 48.5 Å². The Morgan fingerprint density at radius 3 is 2.31 bits per heavy atom. The van der Waals surface area contributed by atoms with E-state index >= 15 is 0 Å². The molecule has 0 saturated carbocycles. The number of benzene rings is 2. The van der Waals surface area contributed by atoms with Crippen LogP contribution in [0.2, 0.25) is 0 Å². The molecule has 3 rings (SSSR count). The van der Waals surface area contributed by atoms with Gasteiger partial charge in [-0.15, -0.1) is 0 Å². The van der Waals surface area contributed by atoms with Crippen LogP contribution in [0, 0.1) is 0 Å². The van der Waals surface area contributed by atoms with Gasteiger partial charge < -0.3 is 19.5 Å². The summed E-state index contributed by atoms with van der Waals surface area (Å²) in [5.41, 5.74) is -1.59. The van der Waals surface area contributed by atoms with Crippen LogP contribution in [0.1, 0.15) is 30.4 Å². The van der Waals surface area contributed by atoms with Crippen LogP contribution >= 0.6 is 0 Å². The van der Waals surface area contributed by atoms with Crippen molar-refractivity contribution < 1.29 is 27.8 Å². The van der Waals surface area contributed by atoms with Gasteiger partial charge >= 0.3 is 6.18 Å². The topological polar surface area (TPSA) is 41.9 Å². The number of hydrogen-bond acceptors (Lipinski definition) is 4. The van der Waals surface area contributed by atoms with Gasteiger partial charge in [-0.05, 0) is 61.2 Å². The Bertz CT molecular complexity index is 785. The lowest BCUT2D eigenvalue weighted by atomic mass is 9.83. The van der Waals surface area contributed by atoms with E-state index in [1.54, 1.807) is 13.2 Å². The molecule has 0 radical (unpaired) electrons. The van der Waals surface area contributed by atoms with E-state index in [4.69, 9.17) is 9.47 Å². The SMILES string of the molecule is COc1ccc(OCCCN2CCC(O)(c3cccc(C(F)(F)F)c3)CC2)cc1. The molecular weight excluding hydrogens is 383 g/mol. The largest absolute Gasteiger partial charge is 0.497 e. The van der Waals surface area contributed by atoms with Crippen LogP contribution in [0.5, 0.6) is 11.5 Å².